The molecular formula is C20H21ClFN5O. The van der Waals surface area contributed by atoms with Crippen molar-refractivity contribution in [3.8, 4) is 6.07 Å². The zero-order chi connectivity index (χ0) is 20.3. The second-order valence-corrected chi connectivity index (χ2v) is 7.38. The van der Waals surface area contributed by atoms with Gasteiger partial charge in [0, 0.05) is 49.1 Å². The summed E-state index contributed by atoms with van der Waals surface area (Å²) in [6, 6.07) is 6.64. The zero-order valence-electron chi connectivity index (χ0n) is 15.7. The Morgan fingerprint density at radius 3 is 2.96 bits per heavy atom. The Hall–Kier alpha value is -2.53. The Morgan fingerprint density at radius 2 is 2.29 bits per heavy atom. The number of hydrogen-bond acceptors (Lipinski definition) is 5. The van der Waals surface area contributed by atoms with E-state index in [4.69, 9.17) is 16.9 Å². The van der Waals surface area contributed by atoms with E-state index in [2.05, 4.69) is 27.4 Å². The minimum Gasteiger partial charge on any atom is -0.322 e. The van der Waals surface area contributed by atoms with Gasteiger partial charge in [-0.05, 0) is 43.2 Å². The molecule has 6 nitrogen and oxygen atoms in total. The van der Waals surface area contributed by atoms with E-state index in [1.165, 1.54) is 6.20 Å². The van der Waals surface area contributed by atoms with Gasteiger partial charge in [0.05, 0.1) is 5.56 Å². The molecule has 146 valence electrons. The lowest BCUT2D eigenvalue weighted by Gasteiger charge is -2.32. The van der Waals surface area contributed by atoms with Crippen LogP contribution in [-0.2, 0) is 6.54 Å². The Balaban J connectivity index is 1.80. The maximum atomic E-state index is 13.8. The summed E-state index contributed by atoms with van der Waals surface area (Å²) >= 11 is 6.27. The largest absolute Gasteiger partial charge is 0.322 e. The molecule has 0 radical (unpaired) electrons. The summed E-state index contributed by atoms with van der Waals surface area (Å²) in [4.78, 5) is 18.5. The number of aromatic nitrogens is 1. The molecule has 1 fully saturated rings. The third-order valence-electron chi connectivity index (χ3n) is 4.78. The molecular weight excluding hydrogens is 381 g/mol. The predicted molar refractivity (Wildman–Crippen MR) is 106 cm³/mol. The highest BCUT2D eigenvalue weighted by atomic mass is 35.5. The lowest BCUT2D eigenvalue weighted by Crippen LogP contribution is -2.48. The van der Waals surface area contributed by atoms with E-state index in [1.807, 2.05) is 13.0 Å². The summed E-state index contributed by atoms with van der Waals surface area (Å²) < 4.78 is 13.8. The summed E-state index contributed by atoms with van der Waals surface area (Å²) in [6.45, 7) is 7.60. The number of nitrogens with one attached hydrogen (secondary N) is 2. The summed E-state index contributed by atoms with van der Waals surface area (Å²) in [5, 5.41) is 15.5. The number of nitrogens with zero attached hydrogens (tertiary/aromatic N) is 3. The molecule has 1 saturated heterocycles. The van der Waals surface area contributed by atoms with E-state index >= 15 is 0 Å². The van der Waals surface area contributed by atoms with E-state index in [0.29, 0.717) is 16.8 Å². The minimum absolute atomic E-state index is 0.0355. The Morgan fingerprint density at radius 1 is 1.50 bits per heavy atom. The van der Waals surface area contributed by atoms with Crippen molar-refractivity contribution < 1.29 is 9.18 Å². The SMILES string of the molecule is Cc1c(CN2CCNC(C)C2)cc(Cl)cc1NC(=O)c1cnc(C#N)c(F)c1. The van der Waals surface area contributed by atoms with Crippen molar-refractivity contribution in [3.63, 3.8) is 0 Å². The minimum atomic E-state index is -0.827. The number of carbonyl (C=O) groups is 1. The van der Waals surface area contributed by atoms with Crippen molar-refractivity contribution in [2.75, 3.05) is 25.0 Å². The molecule has 3 rings (SSSR count). The summed E-state index contributed by atoms with van der Waals surface area (Å²) in [5.74, 6) is -1.34. The fraction of sp³-hybridized carbons (Fsp3) is 0.350. The molecule has 1 aromatic carbocycles. The van der Waals surface area contributed by atoms with Crippen molar-refractivity contribution in [1.29, 1.82) is 5.26 Å². The van der Waals surface area contributed by atoms with Crippen LogP contribution >= 0.6 is 11.6 Å². The van der Waals surface area contributed by atoms with Gasteiger partial charge in [0.15, 0.2) is 11.5 Å². The highest BCUT2D eigenvalue weighted by molar-refractivity contribution is 6.31. The molecule has 1 aliphatic heterocycles. The van der Waals surface area contributed by atoms with Gasteiger partial charge in [-0.1, -0.05) is 11.6 Å². The van der Waals surface area contributed by atoms with Gasteiger partial charge >= 0.3 is 0 Å². The molecule has 0 bridgehead atoms. The molecule has 1 unspecified atom stereocenters. The van der Waals surface area contributed by atoms with Gasteiger partial charge in [0.1, 0.15) is 6.07 Å². The molecule has 8 heteroatoms. The number of hydrogen-bond donors (Lipinski definition) is 2. The molecule has 0 saturated carbocycles. The highest BCUT2D eigenvalue weighted by Gasteiger charge is 2.18. The number of carbonyl (C=O) groups excluding carboxylic acids is 1. The molecule has 0 aliphatic carbocycles. The first-order valence-corrected chi connectivity index (χ1v) is 9.37. The first kappa shape index (κ1) is 20.2. The summed E-state index contributed by atoms with van der Waals surface area (Å²) in [5.41, 5.74) is 2.20. The molecule has 1 amide bonds. The molecule has 1 aromatic heterocycles. The summed E-state index contributed by atoms with van der Waals surface area (Å²) in [6.07, 6.45) is 1.18. The van der Waals surface area contributed by atoms with Crippen LogP contribution in [-0.4, -0.2) is 41.5 Å². The number of benzene rings is 1. The van der Waals surface area contributed by atoms with Crippen LogP contribution in [0.25, 0.3) is 0 Å². The molecule has 2 heterocycles. The van der Waals surface area contributed by atoms with Crippen molar-refractivity contribution >= 4 is 23.2 Å². The van der Waals surface area contributed by atoms with E-state index < -0.39 is 11.7 Å². The van der Waals surface area contributed by atoms with E-state index in [0.717, 1.165) is 43.4 Å². The second kappa shape index (κ2) is 8.65. The van der Waals surface area contributed by atoms with Crippen LogP contribution < -0.4 is 10.6 Å². The maximum absolute atomic E-state index is 13.8. The topological polar surface area (TPSA) is 81.0 Å². The number of nitriles is 1. The average Bonchev–Trinajstić information content (AvgIpc) is 2.65. The first-order valence-electron chi connectivity index (χ1n) is 8.99. The Bertz CT molecular complexity index is 943. The van der Waals surface area contributed by atoms with Gasteiger partial charge in [-0.25, -0.2) is 9.37 Å². The van der Waals surface area contributed by atoms with Crippen molar-refractivity contribution in [3.05, 3.63) is 57.6 Å². The van der Waals surface area contributed by atoms with E-state index in [9.17, 15) is 9.18 Å². The highest BCUT2D eigenvalue weighted by Crippen LogP contribution is 2.27. The first-order chi connectivity index (χ1) is 13.4. The number of piperazine rings is 1. The molecule has 2 N–H and O–H groups in total. The quantitative estimate of drug-likeness (QED) is 0.822. The van der Waals surface area contributed by atoms with Crippen molar-refractivity contribution in [2.45, 2.75) is 26.4 Å². The van der Waals surface area contributed by atoms with Crippen LogP contribution in [0.3, 0.4) is 0 Å². The molecule has 2 aromatic rings. The van der Waals surface area contributed by atoms with Crippen LogP contribution in [0, 0.1) is 24.1 Å². The predicted octanol–water partition coefficient (Wildman–Crippen LogP) is 3.10. The lowest BCUT2D eigenvalue weighted by molar-refractivity contribution is 0.102. The normalized spacial score (nSPS) is 17.2. The number of pyridine rings is 1. The van der Waals surface area contributed by atoms with Gasteiger partial charge in [-0.15, -0.1) is 0 Å². The van der Waals surface area contributed by atoms with Gasteiger partial charge in [0.25, 0.3) is 5.91 Å². The average molecular weight is 402 g/mol. The van der Waals surface area contributed by atoms with Crippen LogP contribution in [0.1, 0.15) is 34.1 Å². The van der Waals surface area contributed by atoms with Crippen LogP contribution in [0.2, 0.25) is 5.02 Å². The van der Waals surface area contributed by atoms with Gasteiger partial charge in [-0.3, -0.25) is 9.69 Å². The van der Waals surface area contributed by atoms with E-state index in [1.54, 1.807) is 12.1 Å². The molecule has 0 spiro atoms. The van der Waals surface area contributed by atoms with Gasteiger partial charge < -0.3 is 10.6 Å². The summed E-state index contributed by atoms with van der Waals surface area (Å²) in [7, 11) is 0. The number of halogens is 2. The van der Waals surface area contributed by atoms with E-state index in [-0.39, 0.29) is 11.3 Å². The fourth-order valence-corrected chi connectivity index (χ4v) is 3.51. The monoisotopic (exact) mass is 401 g/mol. The molecule has 1 aliphatic rings. The second-order valence-electron chi connectivity index (χ2n) is 6.95. The lowest BCUT2D eigenvalue weighted by atomic mass is 10.0. The van der Waals surface area contributed by atoms with Gasteiger partial charge in [-0.2, -0.15) is 5.26 Å². The maximum Gasteiger partial charge on any atom is 0.257 e. The van der Waals surface area contributed by atoms with Crippen LogP contribution in [0.4, 0.5) is 10.1 Å². The van der Waals surface area contributed by atoms with Crippen molar-refractivity contribution in [2.24, 2.45) is 0 Å². The number of rotatable bonds is 4. The number of anilines is 1. The zero-order valence-corrected chi connectivity index (χ0v) is 16.5. The standard InChI is InChI=1S/C20H21ClFN5O/c1-12-10-27(4-3-24-12)11-15-5-16(21)7-18(13(15)2)26-20(28)14-6-17(22)19(8-23)25-9-14/h5-7,9,12,24H,3-4,10-11H2,1-2H3,(H,26,28). The third kappa shape index (κ3) is 4.65. The van der Waals surface area contributed by atoms with Crippen LogP contribution in [0.15, 0.2) is 24.4 Å². The number of amides is 1. The third-order valence-corrected chi connectivity index (χ3v) is 5.00. The van der Waals surface area contributed by atoms with Gasteiger partial charge in [0.2, 0.25) is 0 Å². The molecule has 28 heavy (non-hydrogen) atoms. The van der Waals surface area contributed by atoms with Crippen LogP contribution in [0.5, 0.6) is 0 Å². The Kier molecular flexibility index (Phi) is 6.25. The fourth-order valence-electron chi connectivity index (χ4n) is 3.27. The smallest absolute Gasteiger partial charge is 0.257 e. The molecule has 1 atom stereocenters. The Labute approximate surface area is 168 Å². The van der Waals surface area contributed by atoms with Crippen molar-refractivity contribution in [1.82, 2.24) is 15.2 Å².